The van der Waals surface area contributed by atoms with Crippen LogP contribution in [0.1, 0.15) is 34.1 Å². The van der Waals surface area contributed by atoms with Gasteiger partial charge in [0.15, 0.2) is 0 Å². The molecule has 1 aliphatic rings. The van der Waals surface area contributed by atoms with Crippen LogP contribution in [0.2, 0.25) is 0 Å². The van der Waals surface area contributed by atoms with Crippen LogP contribution in [-0.4, -0.2) is 37.7 Å². The van der Waals surface area contributed by atoms with Gasteiger partial charge in [-0.05, 0) is 18.8 Å². The zero-order valence-corrected chi connectivity index (χ0v) is 10.8. The van der Waals surface area contributed by atoms with Gasteiger partial charge in [-0.3, -0.25) is 4.90 Å². The van der Waals surface area contributed by atoms with Gasteiger partial charge in [0.1, 0.15) is 0 Å². The summed E-state index contributed by atoms with van der Waals surface area (Å²) < 4.78 is 5.15. The Kier molecular flexibility index (Phi) is 4.35. The molecule has 88 valence electrons. The first kappa shape index (κ1) is 12.7. The van der Waals surface area contributed by atoms with Gasteiger partial charge in [-0.2, -0.15) is 0 Å². The van der Waals surface area contributed by atoms with Crippen molar-refractivity contribution in [1.82, 2.24) is 4.90 Å². The normalized spacial score (nSPS) is 24.1. The van der Waals surface area contributed by atoms with Crippen molar-refractivity contribution < 1.29 is 4.74 Å². The fraction of sp³-hybridized carbons (Fsp3) is 0.846. The molecule has 1 unspecified atom stereocenters. The fourth-order valence-corrected chi connectivity index (χ4v) is 2.39. The van der Waals surface area contributed by atoms with E-state index in [2.05, 4.69) is 38.7 Å². The summed E-state index contributed by atoms with van der Waals surface area (Å²) in [5.74, 6) is 0. The molecule has 1 rings (SSSR count). The van der Waals surface area contributed by atoms with Gasteiger partial charge in [0.05, 0.1) is 6.61 Å². The van der Waals surface area contributed by atoms with Crippen LogP contribution in [0.3, 0.4) is 0 Å². The van der Waals surface area contributed by atoms with E-state index in [-0.39, 0.29) is 0 Å². The summed E-state index contributed by atoms with van der Waals surface area (Å²) in [5.41, 5.74) is 1.87. The molecule has 0 aromatic rings. The minimum Gasteiger partial charge on any atom is -0.383 e. The summed E-state index contributed by atoms with van der Waals surface area (Å²) in [6, 6.07) is 0.564. The highest BCUT2D eigenvalue weighted by atomic mass is 16.5. The SMILES string of the molecule is COCCN1CCC=C(C(C)(C)C)C1C. The molecular weight excluding hydrogens is 186 g/mol. The number of ether oxygens (including phenoxy) is 1. The Balaban J connectivity index is 2.65. The summed E-state index contributed by atoms with van der Waals surface area (Å²) in [7, 11) is 1.77. The van der Waals surface area contributed by atoms with Gasteiger partial charge in [-0.15, -0.1) is 0 Å². The van der Waals surface area contributed by atoms with Crippen molar-refractivity contribution in [3.8, 4) is 0 Å². The number of hydrogen-bond acceptors (Lipinski definition) is 2. The first-order valence-corrected chi connectivity index (χ1v) is 5.90. The summed E-state index contributed by atoms with van der Waals surface area (Å²) in [5, 5.41) is 0. The van der Waals surface area contributed by atoms with Crippen molar-refractivity contribution in [3.63, 3.8) is 0 Å². The van der Waals surface area contributed by atoms with Gasteiger partial charge < -0.3 is 4.74 Å². The Morgan fingerprint density at radius 1 is 1.47 bits per heavy atom. The topological polar surface area (TPSA) is 12.5 Å². The minimum absolute atomic E-state index is 0.297. The molecule has 0 radical (unpaired) electrons. The lowest BCUT2D eigenvalue weighted by molar-refractivity contribution is 0.124. The summed E-state index contributed by atoms with van der Waals surface area (Å²) in [4.78, 5) is 2.52. The largest absolute Gasteiger partial charge is 0.383 e. The second-order valence-electron chi connectivity index (χ2n) is 5.40. The highest BCUT2D eigenvalue weighted by Gasteiger charge is 2.28. The highest BCUT2D eigenvalue weighted by molar-refractivity contribution is 5.20. The molecule has 1 atom stereocenters. The summed E-state index contributed by atoms with van der Waals surface area (Å²) in [6.07, 6.45) is 3.61. The molecule has 15 heavy (non-hydrogen) atoms. The summed E-state index contributed by atoms with van der Waals surface area (Å²) >= 11 is 0. The third-order valence-corrected chi connectivity index (χ3v) is 3.23. The monoisotopic (exact) mass is 211 g/mol. The molecule has 2 nitrogen and oxygen atoms in total. The minimum atomic E-state index is 0.297. The average molecular weight is 211 g/mol. The maximum absolute atomic E-state index is 5.15. The van der Waals surface area contributed by atoms with Gasteiger partial charge in [0.25, 0.3) is 0 Å². The van der Waals surface area contributed by atoms with E-state index in [0.717, 1.165) is 13.2 Å². The average Bonchev–Trinajstić information content (AvgIpc) is 2.14. The number of nitrogens with zero attached hydrogens (tertiary/aromatic N) is 1. The van der Waals surface area contributed by atoms with Crippen LogP contribution in [0.5, 0.6) is 0 Å². The molecule has 1 aliphatic heterocycles. The molecule has 0 saturated carbocycles. The number of methoxy groups -OCH3 is 1. The zero-order valence-electron chi connectivity index (χ0n) is 10.8. The third kappa shape index (κ3) is 3.32. The van der Waals surface area contributed by atoms with Gasteiger partial charge in [0.2, 0.25) is 0 Å². The highest BCUT2D eigenvalue weighted by Crippen LogP contribution is 2.32. The van der Waals surface area contributed by atoms with Crippen molar-refractivity contribution >= 4 is 0 Å². The second-order valence-corrected chi connectivity index (χ2v) is 5.40. The third-order valence-electron chi connectivity index (χ3n) is 3.23. The molecule has 0 spiro atoms. The van der Waals surface area contributed by atoms with Crippen LogP contribution in [-0.2, 0) is 4.74 Å². The van der Waals surface area contributed by atoms with E-state index in [9.17, 15) is 0 Å². The molecule has 0 N–H and O–H groups in total. The standard InChI is InChI=1S/C13H25NO/c1-11-12(13(2,3)4)7-6-8-14(11)9-10-15-5/h7,11H,6,8-10H2,1-5H3. The lowest BCUT2D eigenvalue weighted by Crippen LogP contribution is -2.42. The molecular formula is C13H25NO. The van der Waals surface area contributed by atoms with Crippen LogP contribution < -0.4 is 0 Å². The van der Waals surface area contributed by atoms with E-state index in [1.54, 1.807) is 12.7 Å². The van der Waals surface area contributed by atoms with Crippen LogP contribution in [0.15, 0.2) is 11.6 Å². The van der Waals surface area contributed by atoms with Crippen molar-refractivity contribution in [2.75, 3.05) is 26.8 Å². The molecule has 0 bridgehead atoms. The zero-order chi connectivity index (χ0) is 11.5. The van der Waals surface area contributed by atoms with Crippen molar-refractivity contribution in [1.29, 1.82) is 0 Å². The molecule has 0 saturated heterocycles. The molecule has 1 heterocycles. The van der Waals surface area contributed by atoms with Gasteiger partial charge in [-0.25, -0.2) is 0 Å². The molecule has 0 aromatic heterocycles. The number of hydrogen-bond donors (Lipinski definition) is 0. The van der Waals surface area contributed by atoms with E-state index >= 15 is 0 Å². The van der Waals surface area contributed by atoms with Crippen molar-refractivity contribution in [3.05, 3.63) is 11.6 Å². The smallest absolute Gasteiger partial charge is 0.0589 e. The maximum Gasteiger partial charge on any atom is 0.0589 e. The number of rotatable bonds is 3. The van der Waals surface area contributed by atoms with Crippen molar-refractivity contribution in [2.45, 2.75) is 40.2 Å². The first-order chi connectivity index (χ1) is 6.96. The Bertz CT molecular complexity index is 227. The lowest BCUT2D eigenvalue weighted by atomic mass is 9.80. The molecule has 0 aliphatic carbocycles. The van der Waals surface area contributed by atoms with E-state index in [0.29, 0.717) is 11.5 Å². The second kappa shape index (κ2) is 5.13. The fourth-order valence-electron chi connectivity index (χ4n) is 2.39. The Morgan fingerprint density at radius 3 is 2.67 bits per heavy atom. The van der Waals surface area contributed by atoms with Crippen LogP contribution >= 0.6 is 0 Å². The summed E-state index contributed by atoms with van der Waals surface area (Å²) in [6.45, 7) is 12.3. The van der Waals surface area contributed by atoms with E-state index < -0.39 is 0 Å². The molecule has 0 amide bonds. The molecule has 0 aromatic carbocycles. The van der Waals surface area contributed by atoms with Gasteiger partial charge in [0, 0.05) is 26.2 Å². The molecule has 0 fully saturated rings. The lowest BCUT2D eigenvalue weighted by Gasteiger charge is -2.39. The van der Waals surface area contributed by atoms with Crippen LogP contribution in [0.25, 0.3) is 0 Å². The van der Waals surface area contributed by atoms with Crippen LogP contribution in [0, 0.1) is 5.41 Å². The first-order valence-electron chi connectivity index (χ1n) is 5.90. The predicted octanol–water partition coefficient (Wildman–Crippen LogP) is 2.70. The van der Waals surface area contributed by atoms with E-state index in [4.69, 9.17) is 4.74 Å². The predicted molar refractivity (Wildman–Crippen MR) is 65.1 cm³/mol. The van der Waals surface area contributed by atoms with Gasteiger partial charge in [-0.1, -0.05) is 32.4 Å². The molecule has 2 heteroatoms. The quantitative estimate of drug-likeness (QED) is 0.666. The Labute approximate surface area is 94.3 Å². The van der Waals surface area contributed by atoms with Crippen molar-refractivity contribution in [2.24, 2.45) is 5.41 Å². The Hall–Kier alpha value is -0.340. The maximum atomic E-state index is 5.15. The van der Waals surface area contributed by atoms with E-state index in [1.165, 1.54) is 13.0 Å². The van der Waals surface area contributed by atoms with Crippen LogP contribution in [0.4, 0.5) is 0 Å². The van der Waals surface area contributed by atoms with Gasteiger partial charge >= 0.3 is 0 Å². The van der Waals surface area contributed by atoms with E-state index in [1.807, 2.05) is 0 Å². The Morgan fingerprint density at radius 2 is 2.13 bits per heavy atom.